The molecule has 2 N–H and O–H groups in total. The number of pyridine rings is 1. The number of unbranched alkanes of at least 4 members (excludes halogenated alkanes) is 1. The number of hydrogen-bond acceptors (Lipinski definition) is 4. The molecule has 1 aromatic rings. The van der Waals surface area contributed by atoms with Gasteiger partial charge in [0, 0.05) is 32.3 Å². The number of amides is 1. The lowest BCUT2D eigenvalue weighted by Crippen LogP contribution is -2.38. The molecular formula is C17H27N3O2. The second kappa shape index (κ2) is 8.73. The molecule has 1 fully saturated rings. The van der Waals surface area contributed by atoms with Crippen LogP contribution in [0, 0.1) is 0 Å². The minimum Gasteiger partial charge on any atom is -0.393 e. The van der Waals surface area contributed by atoms with Gasteiger partial charge in [0.2, 0.25) is 5.91 Å². The number of nitrogens with zero attached hydrogens (tertiary/aromatic N) is 2. The number of anilines is 1. The second-order valence-electron chi connectivity index (χ2n) is 6.14. The lowest BCUT2D eigenvalue weighted by Gasteiger charge is -2.26. The Morgan fingerprint density at radius 3 is 2.77 bits per heavy atom. The molecule has 1 aromatic heterocycles. The van der Waals surface area contributed by atoms with Crippen LogP contribution < -0.4 is 10.2 Å². The van der Waals surface area contributed by atoms with Crippen molar-refractivity contribution in [2.24, 2.45) is 0 Å². The Labute approximate surface area is 132 Å². The number of hydrogen-bond donors (Lipinski definition) is 2. The lowest BCUT2D eigenvalue weighted by molar-refractivity contribution is -0.122. The van der Waals surface area contributed by atoms with Crippen molar-refractivity contribution >= 4 is 11.7 Å². The molecule has 0 atom stereocenters. The van der Waals surface area contributed by atoms with Gasteiger partial charge in [0.05, 0.1) is 6.10 Å². The van der Waals surface area contributed by atoms with Crippen molar-refractivity contribution < 1.29 is 9.90 Å². The molecule has 5 heteroatoms. The van der Waals surface area contributed by atoms with Crippen LogP contribution >= 0.6 is 0 Å². The number of nitrogens with one attached hydrogen (secondary N) is 1. The van der Waals surface area contributed by atoms with E-state index in [1.807, 2.05) is 25.2 Å². The Kier molecular flexibility index (Phi) is 6.65. The van der Waals surface area contributed by atoms with Gasteiger partial charge in [0.1, 0.15) is 5.82 Å². The average Bonchev–Trinajstić information content (AvgIpc) is 2.54. The summed E-state index contributed by atoms with van der Waals surface area (Å²) in [5, 5.41) is 12.5. The fraction of sp³-hybridized carbons (Fsp3) is 0.647. The third kappa shape index (κ3) is 5.64. The van der Waals surface area contributed by atoms with E-state index < -0.39 is 0 Å². The second-order valence-corrected chi connectivity index (χ2v) is 6.14. The maximum Gasteiger partial charge on any atom is 0.220 e. The number of rotatable bonds is 7. The standard InChI is InChI=1S/C17H27N3O2/c1-20(16-6-2-4-12-18-16)13-5-3-7-17(22)19-14-8-10-15(21)11-9-14/h2,4,6,12,14-15,21H,3,5,7-11,13H2,1H3,(H,19,22). The van der Waals surface area contributed by atoms with Gasteiger partial charge in [0.25, 0.3) is 0 Å². The van der Waals surface area contributed by atoms with Crippen molar-refractivity contribution in [3.05, 3.63) is 24.4 Å². The third-order valence-corrected chi connectivity index (χ3v) is 4.25. The van der Waals surface area contributed by atoms with Crippen LogP contribution in [0.4, 0.5) is 5.82 Å². The molecule has 22 heavy (non-hydrogen) atoms. The average molecular weight is 305 g/mol. The van der Waals surface area contributed by atoms with Gasteiger partial charge in [0.15, 0.2) is 0 Å². The minimum atomic E-state index is -0.171. The highest BCUT2D eigenvalue weighted by atomic mass is 16.3. The molecule has 0 spiro atoms. The highest BCUT2D eigenvalue weighted by Gasteiger charge is 2.20. The van der Waals surface area contributed by atoms with Crippen LogP contribution in [0.15, 0.2) is 24.4 Å². The molecule has 0 bridgehead atoms. The summed E-state index contributed by atoms with van der Waals surface area (Å²) in [4.78, 5) is 18.3. The monoisotopic (exact) mass is 305 g/mol. The molecule has 0 radical (unpaired) electrons. The molecule has 0 aliphatic heterocycles. The van der Waals surface area contributed by atoms with Gasteiger partial charge in [-0.1, -0.05) is 6.07 Å². The van der Waals surface area contributed by atoms with Crippen molar-refractivity contribution in [1.82, 2.24) is 10.3 Å². The van der Waals surface area contributed by atoms with Crippen molar-refractivity contribution in [3.63, 3.8) is 0 Å². The quantitative estimate of drug-likeness (QED) is 0.757. The normalized spacial score (nSPS) is 21.4. The number of carbonyl (C=O) groups excluding carboxylic acids is 1. The summed E-state index contributed by atoms with van der Waals surface area (Å²) < 4.78 is 0. The van der Waals surface area contributed by atoms with Crippen LogP contribution in [0.25, 0.3) is 0 Å². The van der Waals surface area contributed by atoms with Crippen molar-refractivity contribution in [2.75, 3.05) is 18.5 Å². The number of carbonyl (C=O) groups is 1. The summed E-state index contributed by atoms with van der Waals surface area (Å²) in [5.41, 5.74) is 0. The van der Waals surface area contributed by atoms with Crippen LogP contribution in [-0.4, -0.2) is 41.7 Å². The van der Waals surface area contributed by atoms with Crippen molar-refractivity contribution in [1.29, 1.82) is 0 Å². The van der Waals surface area contributed by atoms with Crippen LogP contribution in [-0.2, 0) is 4.79 Å². The van der Waals surface area contributed by atoms with E-state index in [9.17, 15) is 9.90 Å². The lowest BCUT2D eigenvalue weighted by atomic mass is 9.93. The van der Waals surface area contributed by atoms with Gasteiger partial charge < -0.3 is 15.3 Å². The number of aliphatic hydroxyl groups excluding tert-OH is 1. The van der Waals surface area contributed by atoms with E-state index in [2.05, 4.69) is 15.2 Å². The SMILES string of the molecule is CN(CCCCC(=O)NC1CCC(O)CC1)c1ccccn1. The zero-order valence-corrected chi connectivity index (χ0v) is 13.4. The first-order valence-electron chi connectivity index (χ1n) is 8.25. The molecule has 2 rings (SSSR count). The van der Waals surface area contributed by atoms with Gasteiger partial charge in [-0.2, -0.15) is 0 Å². The largest absolute Gasteiger partial charge is 0.393 e. The van der Waals surface area contributed by atoms with Crippen molar-refractivity contribution in [2.45, 2.75) is 57.1 Å². The predicted octanol–water partition coefficient (Wildman–Crippen LogP) is 2.11. The molecule has 1 amide bonds. The van der Waals surface area contributed by atoms with Gasteiger partial charge in [-0.05, 0) is 50.7 Å². The van der Waals surface area contributed by atoms with E-state index in [0.29, 0.717) is 6.42 Å². The molecule has 0 saturated heterocycles. The van der Waals surface area contributed by atoms with Crippen LogP contribution in [0.5, 0.6) is 0 Å². The summed E-state index contributed by atoms with van der Waals surface area (Å²) >= 11 is 0. The molecule has 5 nitrogen and oxygen atoms in total. The van der Waals surface area contributed by atoms with Crippen LogP contribution in [0.2, 0.25) is 0 Å². The molecule has 122 valence electrons. The van der Waals surface area contributed by atoms with Crippen molar-refractivity contribution in [3.8, 4) is 0 Å². The van der Waals surface area contributed by atoms with E-state index >= 15 is 0 Å². The maximum absolute atomic E-state index is 11.9. The molecule has 1 heterocycles. The Balaban J connectivity index is 1.57. The summed E-state index contributed by atoms with van der Waals surface area (Å²) in [6.07, 6.45) is 7.47. The Morgan fingerprint density at radius 2 is 2.09 bits per heavy atom. The Bertz CT molecular complexity index is 444. The highest BCUT2D eigenvalue weighted by molar-refractivity contribution is 5.76. The molecule has 0 unspecified atom stereocenters. The maximum atomic E-state index is 11.9. The molecule has 1 aliphatic rings. The fourth-order valence-corrected chi connectivity index (χ4v) is 2.85. The molecule has 1 saturated carbocycles. The fourth-order valence-electron chi connectivity index (χ4n) is 2.85. The topological polar surface area (TPSA) is 65.5 Å². The van der Waals surface area contributed by atoms with E-state index in [1.54, 1.807) is 6.20 Å². The first-order chi connectivity index (χ1) is 10.6. The smallest absolute Gasteiger partial charge is 0.220 e. The number of aromatic nitrogens is 1. The summed E-state index contributed by atoms with van der Waals surface area (Å²) in [7, 11) is 2.02. The summed E-state index contributed by atoms with van der Waals surface area (Å²) in [5.74, 6) is 1.11. The molecule has 0 aromatic carbocycles. The first-order valence-corrected chi connectivity index (χ1v) is 8.25. The number of aliphatic hydroxyl groups is 1. The Morgan fingerprint density at radius 1 is 1.32 bits per heavy atom. The van der Waals surface area contributed by atoms with Gasteiger partial charge in [-0.15, -0.1) is 0 Å². The predicted molar refractivity (Wildman–Crippen MR) is 87.8 cm³/mol. The minimum absolute atomic E-state index is 0.141. The van der Waals surface area contributed by atoms with E-state index in [4.69, 9.17) is 0 Å². The molecule has 1 aliphatic carbocycles. The van der Waals surface area contributed by atoms with Gasteiger partial charge in [-0.25, -0.2) is 4.98 Å². The van der Waals surface area contributed by atoms with E-state index in [-0.39, 0.29) is 18.1 Å². The molecular weight excluding hydrogens is 278 g/mol. The van der Waals surface area contributed by atoms with Gasteiger partial charge in [-0.3, -0.25) is 4.79 Å². The van der Waals surface area contributed by atoms with E-state index in [1.165, 1.54) is 0 Å². The Hall–Kier alpha value is -1.62. The van der Waals surface area contributed by atoms with E-state index in [0.717, 1.165) is 50.9 Å². The zero-order valence-electron chi connectivity index (χ0n) is 13.4. The van der Waals surface area contributed by atoms with Gasteiger partial charge >= 0.3 is 0 Å². The van der Waals surface area contributed by atoms with Crippen LogP contribution in [0.1, 0.15) is 44.9 Å². The third-order valence-electron chi connectivity index (χ3n) is 4.25. The first kappa shape index (κ1) is 16.7. The zero-order chi connectivity index (χ0) is 15.8. The highest BCUT2D eigenvalue weighted by Crippen LogP contribution is 2.18. The summed E-state index contributed by atoms with van der Waals surface area (Å²) in [6.45, 7) is 0.903. The summed E-state index contributed by atoms with van der Waals surface area (Å²) in [6, 6.07) is 6.14. The van der Waals surface area contributed by atoms with Crippen LogP contribution in [0.3, 0.4) is 0 Å².